The largest absolute Gasteiger partial charge is 0.468 e. The molecule has 6 heteroatoms. The number of rotatable bonds is 9. The van der Waals surface area contributed by atoms with Crippen molar-refractivity contribution in [2.24, 2.45) is 0 Å². The zero-order valence-corrected chi connectivity index (χ0v) is 18.6. The highest BCUT2D eigenvalue weighted by Gasteiger charge is 2.29. The highest BCUT2D eigenvalue weighted by molar-refractivity contribution is 7.89. The molecule has 0 radical (unpaired) electrons. The van der Waals surface area contributed by atoms with Crippen LogP contribution in [0.3, 0.4) is 0 Å². The van der Waals surface area contributed by atoms with Gasteiger partial charge in [0.15, 0.2) is 0 Å². The van der Waals surface area contributed by atoms with Crippen LogP contribution in [0.25, 0.3) is 0 Å². The molecule has 4 aromatic rings. The first-order chi connectivity index (χ1) is 15.5. The summed E-state index contributed by atoms with van der Waals surface area (Å²) in [6, 6.07) is 29.2. The summed E-state index contributed by atoms with van der Waals surface area (Å²) in [6.45, 7) is 2.39. The Kier molecular flexibility index (Phi) is 6.85. The van der Waals surface area contributed by atoms with Crippen LogP contribution >= 0.6 is 0 Å². The highest BCUT2D eigenvalue weighted by atomic mass is 32.2. The third kappa shape index (κ3) is 5.34. The molecule has 32 heavy (non-hydrogen) atoms. The molecule has 1 aromatic heterocycles. The number of aryl methyl sites for hydroxylation is 1. The molecule has 0 saturated carbocycles. The van der Waals surface area contributed by atoms with Gasteiger partial charge in [0.2, 0.25) is 10.0 Å². The van der Waals surface area contributed by atoms with Crippen molar-refractivity contribution in [3.63, 3.8) is 0 Å². The Balaban J connectivity index is 1.73. The standard InChI is InChI=1S/C26H26N2O3S/c1-20-14-16-24(17-15-20)32(29,30)28-26(22-11-6-3-7-12-22)25(21-9-4-2-5-10-21)27-19-23-13-8-18-31-23/h2-18,25-28H,19H2,1H3. The molecule has 0 aliphatic heterocycles. The maximum Gasteiger partial charge on any atom is 0.241 e. The normalized spacial score (nSPS) is 13.5. The van der Waals surface area contributed by atoms with Crippen molar-refractivity contribution in [1.29, 1.82) is 0 Å². The maximum absolute atomic E-state index is 13.3. The number of sulfonamides is 1. The summed E-state index contributed by atoms with van der Waals surface area (Å²) in [6.07, 6.45) is 1.63. The van der Waals surface area contributed by atoms with Crippen molar-refractivity contribution >= 4 is 10.0 Å². The summed E-state index contributed by atoms with van der Waals surface area (Å²) < 4.78 is 35.1. The lowest BCUT2D eigenvalue weighted by atomic mass is 9.94. The number of hydrogen-bond donors (Lipinski definition) is 2. The molecule has 164 valence electrons. The SMILES string of the molecule is Cc1ccc(S(=O)(=O)NC(c2ccccc2)C(NCc2ccco2)c2ccccc2)cc1. The van der Waals surface area contributed by atoms with E-state index in [9.17, 15) is 8.42 Å². The van der Waals surface area contributed by atoms with Gasteiger partial charge in [0.1, 0.15) is 5.76 Å². The first-order valence-corrected chi connectivity index (χ1v) is 12.0. The first-order valence-electron chi connectivity index (χ1n) is 10.5. The maximum atomic E-state index is 13.3. The van der Waals surface area contributed by atoms with Gasteiger partial charge >= 0.3 is 0 Å². The minimum Gasteiger partial charge on any atom is -0.468 e. The van der Waals surface area contributed by atoms with E-state index in [1.807, 2.05) is 79.7 Å². The van der Waals surface area contributed by atoms with Gasteiger partial charge in [-0.2, -0.15) is 0 Å². The minimum atomic E-state index is -3.76. The van der Waals surface area contributed by atoms with Gasteiger partial charge in [0.05, 0.1) is 29.8 Å². The molecule has 2 atom stereocenters. The summed E-state index contributed by atoms with van der Waals surface area (Å²) in [5.41, 5.74) is 2.84. The van der Waals surface area contributed by atoms with E-state index in [1.165, 1.54) is 0 Å². The number of hydrogen-bond acceptors (Lipinski definition) is 4. The van der Waals surface area contributed by atoms with Crippen LogP contribution in [-0.4, -0.2) is 8.42 Å². The van der Waals surface area contributed by atoms with Crippen LogP contribution in [-0.2, 0) is 16.6 Å². The number of benzene rings is 3. The lowest BCUT2D eigenvalue weighted by Crippen LogP contribution is -2.38. The van der Waals surface area contributed by atoms with E-state index in [0.29, 0.717) is 6.54 Å². The first kappa shape index (κ1) is 22.0. The molecule has 0 spiro atoms. The molecule has 0 saturated heterocycles. The molecule has 0 aliphatic carbocycles. The van der Waals surface area contributed by atoms with Crippen LogP contribution < -0.4 is 10.0 Å². The monoisotopic (exact) mass is 446 g/mol. The smallest absolute Gasteiger partial charge is 0.241 e. The second-order valence-corrected chi connectivity index (χ2v) is 9.39. The Morgan fingerprint density at radius 1 is 0.750 bits per heavy atom. The molecule has 2 N–H and O–H groups in total. The summed E-state index contributed by atoms with van der Waals surface area (Å²) in [4.78, 5) is 0.238. The topological polar surface area (TPSA) is 71.3 Å². The molecule has 0 fully saturated rings. The van der Waals surface area contributed by atoms with E-state index >= 15 is 0 Å². The fourth-order valence-corrected chi connectivity index (χ4v) is 4.89. The quantitative estimate of drug-likeness (QED) is 0.374. The van der Waals surface area contributed by atoms with Crippen LogP contribution in [0.15, 0.2) is 113 Å². The predicted octanol–water partition coefficient (Wildman–Crippen LogP) is 5.14. The lowest BCUT2D eigenvalue weighted by Gasteiger charge is -2.29. The number of furan rings is 1. The Hall–Kier alpha value is -3.19. The molecular formula is C26H26N2O3S. The molecule has 0 aliphatic rings. The molecular weight excluding hydrogens is 420 g/mol. The van der Waals surface area contributed by atoms with Crippen molar-refractivity contribution < 1.29 is 12.8 Å². The molecule has 4 rings (SSSR count). The Morgan fingerprint density at radius 3 is 1.91 bits per heavy atom. The minimum absolute atomic E-state index is 0.238. The van der Waals surface area contributed by atoms with Crippen LogP contribution in [0.1, 0.15) is 34.5 Å². The van der Waals surface area contributed by atoms with Gasteiger partial charge in [-0.05, 0) is 42.3 Å². The van der Waals surface area contributed by atoms with Gasteiger partial charge in [-0.1, -0.05) is 78.4 Å². The van der Waals surface area contributed by atoms with E-state index < -0.39 is 16.1 Å². The summed E-state index contributed by atoms with van der Waals surface area (Å²) in [5, 5.41) is 3.50. The predicted molar refractivity (Wildman–Crippen MR) is 125 cm³/mol. The van der Waals surface area contributed by atoms with E-state index in [2.05, 4.69) is 10.0 Å². The molecule has 3 aromatic carbocycles. The van der Waals surface area contributed by atoms with Gasteiger partial charge in [0, 0.05) is 0 Å². The van der Waals surface area contributed by atoms with Crippen LogP contribution in [0.5, 0.6) is 0 Å². The Labute approximate surface area is 189 Å². The van der Waals surface area contributed by atoms with Crippen molar-refractivity contribution in [3.8, 4) is 0 Å². The van der Waals surface area contributed by atoms with E-state index in [1.54, 1.807) is 30.5 Å². The van der Waals surface area contributed by atoms with Crippen LogP contribution in [0, 0.1) is 6.92 Å². The zero-order chi connectivity index (χ0) is 22.4. The van der Waals surface area contributed by atoms with E-state index in [4.69, 9.17) is 4.42 Å². The van der Waals surface area contributed by atoms with Crippen LogP contribution in [0.4, 0.5) is 0 Å². The van der Waals surface area contributed by atoms with E-state index in [0.717, 1.165) is 22.5 Å². The summed E-state index contributed by atoms with van der Waals surface area (Å²) in [5.74, 6) is 0.777. The van der Waals surface area contributed by atoms with Crippen molar-refractivity contribution in [2.75, 3.05) is 0 Å². The number of nitrogens with one attached hydrogen (secondary N) is 2. The zero-order valence-electron chi connectivity index (χ0n) is 17.8. The van der Waals surface area contributed by atoms with Gasteiger partial charge in [-0.3, -0.25) is 0 Å². The molecule has 0 bridgehead atoms. The van der Waals surface area contributed by atoms with Crippen molar-refractivity contribution in [2.45, 2.75) is 30.4 Å². The second kappa shape index (κ2) is 9.96. The third-order valence-electron chi connectivity index (χ3n) is 5.34. The van der Waals surface area contributed by atoms with Crippen molar-refractivity contribution in [1.82, 2.24) is 10.0 Å². The van der Waals surface area contributed by atoms with Gasteiger partial charge in [0.25, 0.3) is 0 Å². The molecule has 0 amide bonds. The second-order valence-electron chi connectivity index (χ2n) is 7.67. The summed E-state index contributed by atoms with van der Waals surface area (Å²) >= 11 is 0. The molecule has 5 nitrogen and oxygen atoms in total. The fourth-order valence-electron chi connectivity index (χ4n) is 3.65. The van der Waals surface area contributed by atoms with Gasteiger partial charge in [-0.15, -0.1) is 0 Å². The van der Waals surface area contributed by atoms with Gasteiger partial charge in [-0.25, -0.2) is 13.1 Å². The van der Waals surface area contributed by atoms with Crippen LogP contribution in [0.2, 0.25) is 0 Å². The lowest BCUT2D eigenvalue weighted by molar-refractivity contribution is 0.394. The van der Waals surface area contributed by atoms with Crippen molar-refractivity contribution in [3.05, 3.63) is 126 Å². The van der Waals surface area contributed by atoms with Gasteiger partial charge < -0.3 is 9.73 Å². The van der Waals surface area contributed by atoms with E-state index in [-0.39, 0.29) is 10.9 Å². The Bertz CT molecular complexity index is 1210. The average Bonchev–Trinajstić information content (AvgIpc) is 3.34. The highest BCUT2D eigenvalue weighted by Crippen LogP contribution is 2.31. The average molecular weight is 447 g/mol. The summed E-state index contributed by atoms with van der Waals surface area (Å²) in [7, 11) is -3.76. The Morgan fingerprint density at radius 2 is 1.34 bits per heavy atom. The fraction of sp³-hybridized carbons (Fsp3) is 0.154. The molecule has 2 unspecified atom stereocenters. The molecule has 1 heterocycles. The third-order valence-corrected chi connectivity index (χ3v) is 6.80.